The second-order valence-corrected chi connectivity index (χ2v) is 23.8. The molecule has 83 heavy (non-hydrogen) atoms. The van der Waals surface area contributed by atoms with Gasteiger partial charge < -0.3 is 27.9 Å². The lowest BCUT2D eigenvalue weighted by atomic mass is 10.1. The van der Waals surface area contributed by atoms with Crippen molar-refractivity contribution in [2.45, 2.75) is 245 Å². The first-order valence-corrected chi connectivity index (χ1v) is 34.2. The molecule has 0 saturated carbocycles. The van der Waals surface area contributed by atoms with E-state index in [1.807, 2.05) is 21.1 Å². The SMILES string of the molecule is CC/C=C\C/C=C\C/C=C\C/C=C\C/C=C\C/C=C\C/C=C\C/C=C\C/C=C\C/C=C\C/C=C\C/C=C\CCCCCCC(=O)OC(COC(=O)CCCCCCCCC/C=C\CCCCCCCCC)COP(=O)([O-])OCC[N+](C)(C)C. The average Bonchev–Trinajstić information content (AvgIpc) is 3.48. The van der Waals surface area contributed by atoms with Crippen LogP contribution in [0.15, 0.2) is 158 Å². The van der Waals surface area contributed by atoms with Gasteiger partial charge in [0.2, 0.25) is 0 Å². The molecule has 2 unspecified atom stereocenters. The third-order valence-electron chi connectivity index (χ3n) is 13.3. The van der Waals surface area contributed by atoms with E-state index < -0.39 is 32.5 Å². The summed E-state index contributed by atoms with van der Waals surface area (Å²) in [5.41, 5.74) is 0. The number of quaternary nitrogens is 1. The number of rotatable bonds is 58. The van der Waals surface area contributed by atoms with Crippen LogP contribution in [0.25, 0.3) is 0 Å². The Morgan fingerprint density at radius 2 is 0.687 bits per heavy atom. The van der Waals surface area contributed by atoms with Gasteiger partial charge in [-0.3, -0.25) is 14.2 Å². The Hall–Kier alpha value is -4.37. The minimum atomic E-state index is -4.66. The second-order valence-electron chi connectivity index (χ2n) is 22.4. The fraction of sp³-hybridized carbons (Fsp3) is 0.616. The Morgan fingerprint density at radius 1 is 0.386 bits per heavy atom. The molecule has 0 heterocycles. The van der Waals surface area contributed by atoms with Crippen LogP contribution in [0.5, 0.6) is 0 Å². The number of hydrogen-bond donors (Lipinski definition) is 0. The highest BCUT2D eigenvalue weighted by molar-refractivity contribution is 7.45. The smallest absolute Gasteiger partial charge is 0.306 e. The number of carbonyl (C=O) groups is 2. The molecular weight excluding hydrogens is 1050 g/mol. The van der Waals surface area contributed by atoms with Gasteiger partial charge in [0.25, 0.3) is 7.82 Å². The van der Waals surface area contributed by atoms with Crippen LogP contribution in [0.3, 0.4) is 0 Å². The maximum absolute atomic E-state index is 12.8. The van der Waals surface area contributed by atoms with Crippen molar-refractivity contribution < 1.29 is 42.1 Å². The minimum absolute atomic E-state index is 0.0446. The molecule has 0 aromatic carbocycles. The van der Waals surface area contributed by atoms with Crippen molar-refractivity contribution in [1.29, 1.82) is 0 Å². The van der Waals surface area contributed by atoms with Crippen molar-refractivity contribution in [2.75, 3.05) is 47.5 Å². The summed E-state index contributed by atoms with van der Waals surface area (Å²) in [6, 6.07) is 0. The molecule has 0 aliphatic carbocycles. The Labute approximate surface area is 509 Å². The monoisotopic (exact) mass is 1170 g/mol. The molecule has 0 N–H and O–H groups in total. The Bertz CT molecular complexity index is 1960. The number of nitrogens with zero attached hydrogens (tertiary/aromatic N) is 1. The van der Waals surface area contributed by atoms with Crippen LogP contribution in [0.2, 0.25) is 0 Å². The molecule has 0 bridgehead atoms. The lowest BCUT2D eigenvalue weighted by molar-refractivity contribution is -0.870. The molecule has 0 fully saturated rings. The normalized spacial score (nSPS) is 14.2. The van der Waals surface area contributed by atoms with Gasteiger partial charge in [-0.05, 0) is 128 Å². The number of phosphoric acid groups is 1. The van der Waals surface area contributed by atoms with Crippen LogP contribution in [0.4, 0.5) is 0 Å². The lowest BCUT2D eigenvalue weighted by Crippen LogP contribution is -2.37. The number of esters is 2. The van der Waals surface area contributed by atoms with Gasteiger partial charge in [0, 0.05) is 12.8 Å². The van der Waals surface area contributed by atoms with Crippen molar-refractivity contribution in [1.82, 2.24) is 0 Å². The maximum atomic E-state index is 12.8. The fourth-order valence-corrected chi connectivity index (χ4v) is 9.01. The number of likely N-dealkylation sites (N-methyl/N-ethyl adjacent to an activating group) is 1. The predicted octanol–water partition coefficient (Wildman–Crippen LogP) is 20.6. The van der Waals surface area contributed by atoms with Gasteiger partial charge in [-0.2, -0.15) is 0 Å². The molecular formula is C73H120NO8P. The second kappa shape index (κ2) is 62.2. The number of hydrogen-bond acceptors (Lipinski definition) is 8. The third kappa shape index (κ3) is 66.6. The van der Waals surface area contributed by atoms with Crippen LogP contribution < -0.4 is 4.89 Å². The average molecular weight is 1170 g/mol. The first-order valence-electron chi connectivity index (χ1n) is 32.7. The summed E-state index contributed by atoms with van der Waals surface area (Å²) in [5, 5.41) is 0. The Balaban J connectivity index is 4.20. The number of allylic oxidation sites excluding steroid dienone is 26. The van der Waals surface area contributed by atoms with Gasteiger partial charge in [-0.15, -0.1) is 0 Å². The fourth-order valence-electron chi connectivity index (χ4n) is 8.28. The highest BCUT2D eigenvalue weighted by atomic mass is 31.2. The maximum Gasteiger partial charge on any atom is 0.306 e. The van der Waals surface area contributed by atoms with Gasteiger partial charge in [-0.25, -0.2) is 0 Å². The van der Waals surface area contributed by atoms with E-state index in [-0.39, 0.29) is 26.1 Å². The third-order valence-corrected chi connectivity index (χ3v) is 14.2. The quantitative estimate of drug-likeness (QED) is 0.0195. The Kier molecular flexibility index (Phi) is 58.9. The van der Waals surface area contributed by atoms with E-state index >= 15 is 0 Å². The number of ether oxygens (including phenoxy) is 2. The van der Waals surface area contributed by atoms with Crippen molar-refractivity contribution >= 4 is 19.8 Å². The van der Waals surface area contributed by atoms with Gasteiger partial charge in [-0.1, -0.05) is 255 Å². The minimum Gasteiger partial charge on any atom is -0.756 e. The first-order chi connectivity index (χ1) is 40.5. The molecule has 0 amide bonds. The number of carbonyl (C=O) groups excluding carboxylic acids is 2. The topological polar surface area (TPSA) is 111 Å². The van der Waals surface area contributed by atoms with Crippen LogP contribution >= 0.6 is 7.82 Å². The molecule has 2 atom stereocenters. The molecule has 0 spiro atoms. The van der Waals surface area contributed by atoms with E-state index in [1.165, 1.54) is 70.6 Å². The van der Waals surface area contributed by atoms with Gasteiger partial charge in [0.05, 0.1) is 27.7 Å². The summed E-state index contributed by atoms with van der Waals surface area (Å²) in [4.78, 5) is 37.9. The first kappa shape index (κ1) is 78.6. The zero-order valence-electron chi connectivity index (χ0n) is 53.3. The van der Waals surface area contributed by atoms with Crippen molar-refractivity contribution in [3.8, 4) is 0 Å². The summed E-state index contributed by atoms with van der Waals surface area (Å²) in [6.45, 7) is 4.07. The van der Waals surface area contributed by atoms with Crippen molar-refractivity contribution in [3.63, 3.8) is 0 Å². The standard InChI is InChI=1S/C73H120NO8P/c1-6-8-10-12-14-16-18-20-22-24-26-27-28-29-30-31-32-33-34-35-36-37-38-39-40-41-42-43-44-45-46-47-48-50-52-54-56-58-60-62-64-66-73(76)82-71(70-81-83(77,78)80-68-67-74(3,4)5)69-79-72(75)65-63-61-59-57-55-53-51-49-25-23-21-19-17-15-13-11-9-7-2/h8,10,14,16,20,22-23,25-27,29-30,32-33,35-36,38-39,41-42,44-45,47-48,52,54,71H,6-7,9,11-13,15,17-19,21,24,28,31,34,37,40,43,46,49-51,53,55-70H2,1-5H3/b10-8-,16-14-,22-20-,25-23-,27-26-,30-29-,33-32-,36-35-,39-38-,42-41-,45-44-,48-47-,54-52-. The van der Waals surface area contributed by atoms with Crippen molar-refractivity contribution in [2.24, 2.45) is 0 Å². The molecule has 10 heteroatoms. The Morgan fingerprint density at radius 3 is 1.04 bits per heavy atom. The van der Waals surface area contributed by atoms with Crippen LogP contribution in [0, 0.1) is 0 Å². The van der Waals surface area contributed by atoms with E-state index in [1.54, 1.807) is 0 Å². The molecule has 0 rings (SSSR count). The largest absolute Gasteiger partial charge is 0.756 e. The summed E-state index contributed by atoms with van der Waals surface area (Å²) < 4.78 is 34.2. The van der Waals surface area contributed by atoms with Gasteiger partial charge in [0.1, 0.15) is 19.8 Å². The highest BCUT2D eigenvalue weighted by Gasteiger charge is 2.22. The lowest BCUT2D eigenvalue weighted by Gasteiger charge is -2.28. The van der Waals surface area contributed by atoms with E-state index in [4.69, 9.17) is 18.5 Å². The molecule has 0 aliphatic rings. The molecule has 0 radical (unpaired) electrons. The van der Waals surface area contributed by atoms with E-state index in [0.717, 1.165) is 128 Å². The summed E-state index contributed by atoms with van der Waals surface area (Å²) in [7, 11) is 1.13. The highest BCUT2D eigenvalue weighted by Crippen LogP contribution is 2.38. The molecule has 0 aliphatic heterocycles. The number of unbranched alkanes of at least 4 members (excludes halogenated alkanes) is 18. The molecule has 470 valence electrons. The molecule has 9 nitrogen and oxygen atoms in total. The summed E-state index contributed by atoms with van der Waals surface area (Å²) in [5.74, 6) is -0.876. The van der Waals surface area contributed by atoms with Crippen molar-refractivity contribution in [3.05, 3.63) is 158 Å². The zero-order chi connectivity index (χ0) is 60.5. The molecule has 0 saturated heterocycles. The van der Waals surface area contributed by atoms with Gasteiger partial charge in [0.15, 0.2) is 6.10 Å². The van der Waals surface area contributed by atoms with Crippen LogP contribution in [-0.4, -0.2) is 70.0 Å². The summed E-state index contributed by atoms with van der Waals surface area (Å²) in [6.07, 6.45) is 93.1. The molecule has 0 aromatic rings. The van der Waals surface area contributed by atoms with E-state index in [2.05, 4.69) is 172 Å². The zero-order valence-corrected chi connectivity index (χ0v) is 54.2. The van der Waals surface area contributed by atoms with Crippen LogP contribution in [0.1, 0.15) is 239 Å². The summed E-state index contributed by atoms with van der Waals surface area (Å²) >= 11 is 0. The van der Waals surface area contributed by atoms with Gasteiger partial charge >= 0.3 is 11.9 Å². The van der Waals surface area contributed by atoms with E-state index in [0.29, 0.717) is 23.9 Å². The number of phosphoric ester groups is 1. The predicted molar refractivity (Wildman–Crippen MR) is 355 cm³/mol. The van der Waals surface area contributed by atoms with Crippen LogP contribution in [-0.2, 0) is 32.7 Å². The molecule has 0 aromatic heterocycles. The van der Waals surface area contributed by atoms with E-state index in [9.17, 15) is 19.0 Å².